The number of para-hydroxylation sites is 1. The molecule has 7 nitrogen and oxygen atoms in total. The van der Waals surface area contributed by atoms with Gasteiger partial charge in [0.15, 0.2) is 0 Å². The normalized spacial score (nSPS) is 21.1. The number of hydrogen-bond donors (Lipinski definition) is 3. The second-order valence-electron chi connectivity index (χ2n) is 6.53. The van der Waals surface area contributed by atoms with E-state index in [2.05, 4.69) is 15.6 Å². The van der Waals surface area contributed by atoms with Crippen molar-refractivity contribution in [3.63, 3.8) is 0 Å². The van der Waals surface area contributed by atoms with Gasteiger partial charge in [-0.1, -0.05) is 36.4 Å². The SMILES string of the molecule is O=C(C[C@@H]1C=C[C@@H](NC(=O)Cc2cccnc2)[C@H](CO)O1)Nc1ccccc1. The van der Waals surface area contributed by atoms with Gasteiger partial charge in [0.25, 0.3) is 0 Å². The number of aliphatic hydroxyl groups is 1. The number of carbonyl (C=O) groups excluding carboxylic acids is 2. The van der Waals surface area contributed by atoms with Gasteiger partial charge < -0.3 is 20.5 Å². The maximum Gasteiger partial charge on any atom is 0.227 e. The van der Waals surface area contributed by atoms with Crippen molar-refractivity contribution in [2.45, 2.75) is 31.1 Å². The highest BCUT2D eigenvalue weighted by Gasteiger charge is 2.29. The molecule has 0 fully saturated rings. The largest absolute Gasteiger partial charge is 0.394 e. The molecule has 28 heavy (non-hydrogen) atoms. The summed E-state index contributed by atoms with van der Waals surface area (Å²) in [6.07, 6.45) is 6.03. The quantitative estimate of drug-likeness (QED) is 0.631. The van der Waals surface area contributed by atoms with E-state index in [1.165, 1.54) is 0 Å². The number of rotatable bonds is 7. The predicted octanol–water partition coefficient (Wildman–Crippen LogP) is 1.45. The molecule has 2 aromatic rings. The van der Waals surface area contributed by atoms with Crippen LogP contribution in [0.1, 0.15) is 12.0 Å². The predicted molar refractivity (Wildman–Crippen MR) is 104 cm³/mol. The molecule has 1 aromatic carbocycles. The summed E-state index contributed by atoms with van der Waals surface area (Å²) in [5.74, 6) is -0.374. The molecule has 1 aromatic heterocycles. The topological polar surface area (TPSA) is 101 Å². The zero-order chi connectivity index (χ0) is 19.8. The Kier molecular flexibility index (Phi) is 6.89. The summed E-state index contributed by atoms with van der Waals surface area (Å²) in [6.45, 7) is -0.265. The fourth-order valence-corrected chi connectivity index (χ4v) is 2.98. The Morgan fingerprint density at radius 3 is 2.61 bits per heavy atom. The number of hydrogen-bond acceptors (Lipinski definition) is 5. The number of ether oxygens (including phenoxy) is 1. The van der Waals surface area contributed by atoms with Gasteiger partial charge in [0.1, 0.15) is 6.10 Å². The van der Waals surface area contributed by atoms with E-state index < -0.39 is 18.2 Å². The Labute approximate surface area is 163 Å². The Morgan fingerprint density at radius 1 is 1.07 bits per heavy atom. The standard InChI is InChI=1S/C21H23N3O4/c25-14-19-18(24-20(26)11-15-5-4-10-22-13-15)9-8-17(28-19)12-21(27)23-16-6-2-1-3-7-16/h1-10,13,17-19,25H,11-12,14H2,(H,23,27)(H,24,26)/t17-,18+,19-/m0/s1. The minimum atomic E-state index is -0.614. The van der Waals surface area contributed by atoms with Crippen LogP contribution in [0, 0.1) is 0 Å². The van der Waals surface area contributed by atoms with Gasteiger partial charge in [0, 0.05) is 18.1 Å². The lowest BCUT2D eigenvalue weighted by Crippen LogP contribution is -2.49. The van der Waals surface area contributed by atoms with Crippen molar-refractivity contribution in [2.75, 3.05) is 11.9 Å². The molecule has 2 heterocycles. The van der Waals surface area contributed by atoms with Crippen LogP contribution >= 0.6 is 0 Å². The monoisotopic (exact) mass is 381 g/mol. The first-order valence-electron chi connectivity index (χ1n) is 9.12. The van der Waals surface area contributed by atoms with E-state index in [1.54, 1.807) is 42.7 Å². The number of carbonyl (C=O) groups is 2. The van der Waals surface area contributed by atoms with Crippen molar-refractivity contribution in [3.05, 3.63) is 72.6 Å². The zero-order valence-electron chi connectivity index (χ0n) is 15.3. The van der Waals surface area contributed by atoms with Crippen LogP contribution in [-0.4, -0.2) is 46.8 Å². The molecule has 0 bridgehead atoms. The molecule has 0 unspecified atom stereocenters. The lowest BCUT2D eigenvalue weighted by atomic mass is 10.0. The van der Waals surface area contributed by atoms with Crippen LogP contribution in [0.5, 0.6) is 0 Å². The summed E-state index contributed by atoms with van der Waals surface area (Å²) < 4.78 is 5.78. The number of nitrogens with one attached hydrogen (secondary N) is 2. The first-order valence-corrected chi connectivity index (χ1v) is 9.12. The lowest BCUT2D eigenvalue weighted by molar-refractivity contribution is -0.125. The Morgan fingerprint density at radius 2 is 1.89 bits per heavy atom. The molecular weight excluding hydrogens is 358 g/mol. The maximum absolute atomic E-state index is 12.2. The molecule has 1 aliphatic rings. The van der Waals surface area contributed by atoms with E-state index in [1.807, 2.05) is 24.3 Å². The molecule has 3 rings (SSSR count). The molecule has 3 atom stereocenters. The van der Waals surface area contributed by atoms with Gasteiger partial charge in [-0.15, -0.1) is 0 Å². The first-order chi connectivity index (χ1) is 13.6. The van der Waals surface area contributed by atoms with Crippen LogP contribution in [0.4, 0.5) is 5.69 Å². The summed E-state index contributed by atoms with van der Waals surface area (Å²) in [5.41, 5.74) is 1.52. The summed E-state index contributed by atoms with van der Waals surface area (Å²) in [7, 11) is 0. The Balaban J connectivity index is 1.53. The van der Waals surface area contributed by atoms with Crippen LogP contribution in [0.15, 0.2) is 67.0 Å². The fraction of sp³-hybridized carbons (Fsp3) is 0.286. The molecule has 0 saturated carbocycles. The molecule has 0 aliphatic carbocycles. The van der Waals surface area contributed by atoms with E-state index in [-0.39, 0.29) is 31.3 Å². The smallest absolute Gasteiger partial charge is 0.227 e. The van der Waals surface area contributed by atoms with Crippen molar-refractivity contribution >= 4 is 17.5 Å². The highest BCUT2D eigenvalue weighted by atomic mass is 16.5. The van der Waals surface area contributed by atoms with Crippen LogP contribution in [0.3, 0.4) is 0 Å². The van der Waals surface area contributed by atoms with Gasteiger partial charge in [-0.05, 0) is 23.8 Å². The van der Waals surface area contributed by atoms with Gasteiger partial charge in [-0.25, -0.2) is 0 Å². The van der Waals surface area contributed by atoms with Crippen molar-refractivity contribution < 1.29 is 19.4 Å². The number of aromatic nitrogens is 1. The van der Waals surface area contributed by atoms with E-state index in [0.717, 1.165) is 5.56 Å². The lowest BCUT2D eigenvalue weighted by Gasteiger charge is -2.31. The average molecular weight is 381 g/mol. The molecule has 3 N–H and O–H groups in total. The average Bonchev–Trinajstić information content (AvgIpc) is 2.70. The molecule has 0 saturated heterocycles. The molecule has 0 radical (unpaired) electrons. The second kappa shape index (κ2) is 9.77. The van der Waals surface area contributed by atoms with E-state index >= 15 is 0 Å². The number of amides is 2. The number of pyridine rings is 1. The van der Waals surface area contributed by atoms with E-state index in [9.17, 15) is 14.7 Å². The highest BCUT2D eigenvalue weighted by molar-refractivity contribution is 5.91. The third-order valence-corrected chi connectivity index (χ3v) is 4.32. The Hall–Kier alpha value is -3.03. The number of aliphatic hydroxyl groups excluding tert-OH is 1. The van der Waals surface area contributed by atoms with Crippen LogP contribution in [0.25, 0.3) is 0 Å². The number of benzene rings is 1. The van der Waals surface area contributed by atoms with Crippen molar-refractivity contribution in [1.29, 1.82) is 0 Å². The number of nitrogens with zero attached hydrogens (tertiary/aromatic N) is 1. The third-order valence-electron chi connectivity index (χ3n) is 4.32. The van der Waals surface area contributed by atoms with Crippen LogP contribution in [-0.2, 0) is 20.7 Å². The van der Waals surface area contributed by atoms with Gasteiger partial charge in [-0.2, -0.15) is 0 Å². The van der Waals surface area contributed by atoms with Crippen molar-refractivity contribution in [2.24, 2.45) is 0 Å². The van der Waals surface area contributed by atoms with E-state index in [4.69, 9.17) is 4.74 Å². The minimum absolute atomic E-state index is 0.123. The summed E-state index contributed by atoms with van der Waals surface area (Å²) in [5, 5.41) is 15.3. The molecule has 0 spiro atoms. The zero-order valence-corrected chi connectivity index (χ0v) is 15.3. The molecule has 1 aliphatic heterocycles. The maximum atomic E-state index is 12.2. The van der Waals surface area contributed by atoms with Gasteiger partial charge in [0.2, 0.25) is 11.8 Å². The molecule has 146 valence electrons. The summed E-state index contributed by atoms with van der Waals surface area (Å²) in [6, 6.07) is 12.3. The fourth-order valence-electron chi connectivity index (χ4n) is 2.98. The minimum Gasteiger partial charge on any atom is -0.394 e. The van der Waals surface area contributed by atoms with Crippen molar-refractivity contribution in [3.8, 4) is 0 Å². The van der Waals surface area contributed by atoms with Crippen LogP contribution < -0.4 is 10.6 Å². The number of anilines is 1. The van der Waals surface area contributed by atoms with Gasteiger partial charge in [0.05, 0.1) is 31.6 Å². The van der Waals surface area contributed by atoms with Crippen molar-refractivity contribution in [1.82, 2.24) is 10.3 Å². The molecule has 2 amide bonds. The van der Waals surface area contributed by atoms with Gasteiger partial charge in [-0.3, -0.25) is 14.6 Å². The third kappa shape index (κ3) is 5.73. The van der Waals surface area contributed by atoms with E-state index in [0.29, 0.717) is 5.69 Å². The first kappa shape index (κ1) is 19.7. The molecular formula is C21H23N3O4. The second-order valence-corrected chi connectivity index (χ2v) is 6.53. The molecule has 7 heteroatoms. The highest BCUT2D eigenvalue weighted by Crippen LogP contribution is 2.17. The summed E-state index contributed by atoms with van der Waals surface area (Å²) >= 11 is 0. The summed E-state index contributed by atoms with van der Waals surface area (Å²) in [4.78, 5) is 28.4. The van der Waals surface area contributed by atoms with Gasteiger partial charge >= 0.3 is 0 Å². The van der Waals surface area contributed by atoms with Crippen LogP contribution in [0.2, 0.25) is 0 Å². The Bertz CT molecular complexity index is 811.